The molecule has 2 aliphatic rings. The maximum atomic E-state index is 11.7. The molecule has 0 radical (unpaired) electrons. The molecule has 0 spiro atoms. The first-order valence-electron chi connectivity index (χ1n) is 4.30. The number of hydrogen-bond donors (Lipinski definition) is 1. The van der Waals surface area contributed by atoms with Gasteiger partial charge >= 0.3 is 11.9 Å². The first kappa shape index (κ1) is 9.70. The molecule has 2 aliphatic heterocycles. The summed E-state index contributed by atoms with van der Waals surface area (Å²) in [5.74, 6) is -1.22. The van der Waals surface area contributed by atoms with E-state index in [0.717, 1.165) is 0 Å². The number of cyclic esters (lactones) is 1. The van der Waals surface area contributed by atoms with Crippen LogP contribution in [0.15, 0.2) is 23.0 Å². The molecule has 15 heavy (non-hydrogen) atoms. The summed E-state index contributed by atoms with van der Waals surface area (Å²) in [5, 5.41) is 2.75. The summed E-state index contributed by atoms with van der Waals surface area (Å²) in [6.45, 7) is -0.984. The van der Waals surface area contributed by atoms with Crippen LogP contribution in [-0.4, -0.2) is 25.4 Å². The average molecular weight is 213 g/mol. The molecular formula is C9H8FNO4. The lowest BCUT2D eigenvalue weighted by Gasteiger charge is -2.12. The largest absolute Gasteiger partial charge is 0.456 e. The van der Waals surface area contributed by atoms with Crippen LogP contribution in [0.25, 0.3) is 0 Å². The van der Waals surface area contributed by atoms with Crippen molar-refractivity contribution >= 4 is 11.9 Å². The van der Waals surface area contributed by atoms with Crippen molar-refractivity contribution in [1.29, 1.82) is 0 Å². The number of ether oxygens (including phenoxy) is 2. The second-order valence-electron chi connectivity index (χ2n) is 3.06. The maximum absolute atomic E-state index is 11.7. The number of carbonyl (C=O) groups excluding carboxylic acids is 2. The van der Waals surface area contributed by atoms with Crippen LogP contribution >= 0.6 is 0 Å². The first-order valence-corrected chi connectivity index (χ1v) is 4.30. The Morgan fingerprint density at radius 1 is 1.67 bits per heavy atom. The van der Waals surface area contributed by atoms with Gasteiger partial charge in [-0.15, -0.1) is 0 Å². The normalized spacial score (nSPS) is 19.0. The molecule has 0 fully saturated rings. The zero-order valence-corrected chi connectivity index (χ0v) is 7.71. The van der Waals surface area contributed by atoms with E-state index < -0.39 is 18.8 Å². The number of rotatable bonds is 2. The first-order chi connectivity index (χ1) is 7.22. The topological polar surface area (TPSA) is 64.6 Å². The Balaban J connectivity index is 2.09. The van der Waals surface area contributed by atoms with Crippen LogP contribution in [0.3, 0.4) is 0 Å². The fourth-order valence-electron chi connectivity index (χ4n) is 1.43. The van der Waals surface area contributed by atoms with Crippen LogP contribution < -0.4 is 5.32 Å². The molecule has 0 amide bonds. The van der Waals surface area contributed by atoms with Crippen molar-refractivity contribution in [3.05, 3.63) is 23.0 Å². The van der Waals surface area contributed by atoms with E-state index in [-0.39, 0.29) is 18.6 Å². The van der Waals surface area contributed by atoms with E-state index in [0.29, 0.717) is 11.3 Å². The van der Waals surface area contributed by atoms with Crippen molar-refractivity contribution in [2.45, 2.75) is 6.42 Å². The van der Waals surface area contributed by atoms with Gasteiger partial charge in [-0.1, -0.05) is 0 Å². The second-order valence-corrected chi connectivity index (χ2v) is 3.06. The monoisotopic (exact) mass is 213 g/mol. The smallest absolute Gasteiger partial charge is 0.338 e. The van der Waals surface area contributed by atoms with Gasteiger partial charge in [0.1, 0.15) is 6.61 Å². The zero-order chi connectivity index (χ0) is 10.8. The van der Waals surface area contributed by atoms with E-state index >= 15 is 0 Å². The SMILES string of the molecule is O=C(OCF)C1=CNC2=C(C1)C(=O)OC2. The maximum Gasteiger partial charge on any atom is 0.338 e. The molecule has 0 aromatic carbocycles. The Hall–Kier alpha value is -1.85. The van der Waals surface area contributed by atoms with E-state index in [1.54, 1.807) is 0 Å². The van der Waals surface area contributed by atoms with Gasteiger partial charge in [-0.25, -0.2) is 14.0 Å². The molecule has 0 aromatic heterocycles. The van der Waals surface area contributed by atoms with Gasteiger partial charge < -0.3 is 14.8 Å². The molecule has 0 unspecified atom stereocenters. The fourth-order valence-corrected chi connectivity index (χ4v) is 1.43. The summed E-state index contributed by atoms with van der Waals surface area (Å²) in [7, 11) is 0. The van der Waals surface area contributed by atoms with Gasteiger partial charge in [0.2, 0.25) is 6.86 Å². The minimum atomic E-state index is -1.17. The van der Waals surface area contributed by atoms with E-state index in [1.807, 2.05) is 0 Å². The highest BCUT2D eigenvalue weighted by molar-refractivity contribution is 5.97. The molecule has 2 rings (SSSR count). The van der Waals surface area contributed by atoms with E-state index in [4.69, 9.17) is 4.74 Å². The molecular weight excluding hydrogens is 205 g/mol. The number of hydrogen-bond acceptors (Lipinski definition) is 5. The van der Waals surface area contributed by atoms with Crippen LogP contribution in [0.1, 0.15) is 6.42 Å². The van der Waals surface area contributed by atoms with Crippen LogP contribution in [0.5, 0.6) is 0 Å². The van der Waals surface area contributed by atoms with Crippen molar-refractivity contribution in [3.63, 3.8) is 0 Å². The van der Waals surface area contributed by atoms with Crippen LogP contribution in [-0.2, 0) is 19.1 Å². The number of nitrogens with one attached hydrogen (secondary N) is 1. The highest BCUT2D eigenvalue weighted by Crippen LogP contribution is 2.25. The van der Waals surface area contributed by atoms with E-state index in [2.05, 4.69) is 10.1 Å². The Morgan fingerprint density at radius 2 is 2.47 bits per heavy atom. The molecule has 2 heterocycles. The van der Waals surface area contributed by atoms with E-state index in [9.17, 15) is 14.0 Å². The Morgan fingerprint density at radius 3 is 3.20 bits per heavy atom. The van der Waals surface area contributed by atoms with Crippen molar-refractivity contribution in [2.75, 3.05) is 13.5 Å². The summed E-state index contributed by atoms with van der Waals surface area (Å²) >= 11 is 0. The minimum Gasteiger partial charge on any atom is -0.456 e. The minimum absolute atomic E-state index is 0.125. The molecule has 0 atom stereocenters. The van der Waals surface area contributed by atoms with E-state index in [1.165, 1.54) is 6.20 Å². The molecule has 6 heteroatoms. The zero-order valence-electron chi connectivity index (χ0n) is 7.71. The molecule has 1 N–H and O–H groups in total. The van der Waals surface area contributed by atoms with Gasteiger partial charge in [-0.05, 0) is 0 Å². The number of dihydropyridines is 1. The predicted octanol–water partition coefficient (Wildman–Crippen LogP) is 0.145. The van der Waals surface area contributed by atoms with Gasteiger partial charge in [-0.2, -0.15) is 0 Å². The highest BCUT2D eigenvalue weighted by Gasteiger charge is 2.30. The average Bonchev–Trinajstić information content (AvgIpc) is 2.60. The highest BCUT2D eigenvalue weighted by atomic mass is 19.1. The predicted molar refractivity (Wildman–Crippen MR) is 45.9 cm³/mol. The molecule has 0 saturated carbocycles. The van der Waals surface area contributed by atoms with Crippen LogP contribution in [0.2, 0.25) is 0 Å². The van der Waals surface area contributed by atoms with Crippen LogP contribution in [0.4, 0.5) is 4.39 Å². The quantitative estimate of drug-likeness (QED) is 0.661. The van der Waals surface area contributed by atoms with Crippen molar-refractivity contribution in [2.24, 2.45) is 0 Å². The van der Waals surface area contributed by atoms with Crippen LogP contribution in [0, 0.1) is 0 Å². The Labute approximate surface area is 84.5 Å². The van der Waals surface area contributed by atoms with Crippen molar-refractivity contribution in [3.8, 4) is 0 Å². The summed E-state index contributed by atoms with van der Waals surface area (Å²) in [6.07, 6.45) is 1.53. The molecule has 0 aromatic rings. The third-order valence-corrected chi connectivity index (χ3v) is 2.19. The third-order valence-electron chi connectivity index (χ3n) is 2.19. The van der Waals surface area contributed by atoms with Crippen molar-refractivity contribution in [1.82, 2.24) is 5.32 Å². The fraction of sp³-hybridized carbons (Fsp3) is 0.333. The third kappa shape index (κ3) is 1.70. The second kappa shape index (κ2) is 3.72. The lowest BCUT2D eigenvalue weighted by molar-refractivity contribution is -0.143. The number of esters is 2. The number of alkyl halides is 1. The lowest BCUT2D eigenvalue weighted by Crippen LogP contribution is -2.19. The molecule has 80 valence electrons. The number of carbonyl (C=O) groups is 2. The standard InChI is InChI=1S/C9H8FNO4/c10-4-15-8(12)5-1-6-7(11-2-5)3-14-9(6)13/h2,11H,1,3-4H2. The van der Waals surface area contributed by atoms with Crippen molar-refractivity contribution < 1.29 is 23.5 Å². The molecule has 0 aliphatic carbocycles. The lowest BCUT2D eigenvalue weighted by atomic mass is 10.0. The van der Waals surface area contributed by atoms with Gasteiger partial charge in [0.25, 0.3) is 0 Å². The molecule has 0 bridgehead atoms. The summed E-state index contributed by atoms with van der Waals surface area (Å²) in [4.78, 5) is 22.3. The van der Waals surface area contributed by atoms with Gasteiger partial charge in [0.05, 0.1) is 16.8 Å². The van der Waals surface area contributed by atoms with Gasteiger partial charge in [0, 0.05) is 12.6 Å². The summed E-state index contributed by atoms with van der Waals surface area (Å²) < 4.78 is 20.7. The summed E-state index contributed by atoms with van der Waals surface area (Å²) in [6, 6.07) is 0. The Kier molecular flexibility index (Phi) is 2.40. The Bertz CT molecular complexity index is 386. The van der Waals surface area contributed by atoms with Gasteiger partial charge in [0.15, 0.2) is 0 Å². The summed E-state index contributed by atoms with van der Waals surface area (Å²) in [5.41, 5.74) is 1.27. The molecule has 0 saturated heterocycles. The van der Waals surface area contributed by atoms with Gasteiger partial charge in [-0.3, -0.25) is 0 Å². The number of halogens is 1. The molecule has 5 nitrogen and oxygen atoms in total.